The van der Waals surface area contributed by atoms with E-state index in [1.54, 1.807) is 0 Å². The molecule has 0 N–H and O–H groups in total. The van der Waals surface area contributed by atoms with Gasteiger partial charge in [-0.1, -0.05) is 0 Å². The first-order chi connectivity index (χ1) is 1.73. The molecule has 0 aromatic carbocycles. The van der Waals surface area contributed by atoms with Gasteiger partial charge in [0.2, 0.25) is 0 Å². The van der Waals surface area contributed by atoms with Crippen molar-refractivity contribution in [3.63, 3.8) is 0 Å². The molecule has 0 bridgehead atoms. The van der Waals surface area contributed by atoms with Crippen LogP contribution in [0.5, 0.6) is 0 Å². The van der Waals surface area contributed by atoms with Crippen molar-refractivity contribution in [1.29, 1.82) is 0 Å². The Kier molecular flexibility index (Phi) is 11.5. The van der Waals surface area contributed by atoms with E-state index < -0.39 is 15.5 Å². The summed E-state index contributed by atoms with van der Waals surface area (Å²) in [5.41, 5.74) is 0. The van der Waals surface area contributed by atoms with E-state index in [1.807, 2.05) is 0 Å². The van der Waals surface area contributed by atoms with Crippen LogP contribution in [-0.4, -0.2) is 61.0 Å². The summed E-state index contributed by atoms with van der Waals surface area (Å²) in [6, 6.07) is 0. The van der Waals surface area contributed by atoms with Crippen LogP contribution in [0.1, 0.15) is 2.85 Å². The van der Waals surface area contributed by atoms with Gasteiger partial charge in [0.15, 0.2) is 0 Å². The Labute approximate surface area is 73.4 Å². The molecular formula is H2AlF3Sr. The van der Waals surface area contributed by atoms with Gasteiger partial charge in [0.1, 0.15) is 0 Å². The van der Waals surface area contributed by atoms with Gasteiger partial charge >= 0.3 is 61.0 Å². The average Bonchev–Trinajstić information content (AvgIpc) is 0.811. The molecule has 0 nitrogen and oxygen atoms in total. The van der Waals surface area contributed by atoms with Crippen LogP contribution in [0.25, 0.3) is 0 Å². The number of rotatable bonds is 0. The monoisotopic (exact) mass is 174 g/mol. The molecule has 0 amide bonds. The van der Waals surface area contributed by atoms with Crippen LogP contribution in [0, 0.1) is 0 Å². The molecular weight excluding hydrogens is 172 g/mol. The molecule has 0 saturated heterocycles. The summed E-state index contributed by atoms with van der Waals surface area (Å²) in [4.78, 5) is 0. The summed E-state index contributed by atoms with van der Waals surface area (Å²) in [5, 5.41) is 0. The van der Waals surface area contributed by atoms with Crippen LogP contribution in [0.2, 0.25) is 0 Å². The summed E-state index contributed by atoms with van der Waals surface area (Å²) in [6.45, 7) is 0. The molecule has 5 heavy (non-hydrogen) atoms. The smallest absolute Gasteiger partial charge is 1.00 e. The Morgan fingerprint density at radius 2 is 1.20 bits per heavy atom. The SMILES string of the molecule is [F][Al]([F])[F].[H-].[H-].[Sr+2]. The van der Waals surface area contributed by atoms with Crippen LogP contribution in [0.4, 0.5) is 10.6 Å². The maximum absolute atomic E-state index is 9.81. The van der Waals surface area contributed by atoms with Crippen molar-refractivity contribution in [2.24, 2.45) is 0 Å². The van der Waals surface area contributed by atoms with Gasteiger partial charge in [-0.2, -0.15) is 0 Å². The predicted octanol–water partition coefficient (Wildman–Crippen LogP) is 0.724. The molecule has 0 aliphatic heterocycles. The largest absolute Gasteiger partial charge is 2.00 e. The van der Waals surface area contributed by atoms with Gasteiger partial charge in [0, 0.05) is 0 Å². The Bertz CT molecular complexity index is 17.7. The molecule has 0 aromatic heterocycles. The molecule has 0 aliphatic rings. The minimum Gasteiger partial charge on any atom is -1.00 e. The van der Waals surface area contributed by atoms with E-state index >= 15 is 0 Å². The third-order valence-corrected chi connectivity index (χ3v) is 0. The van der Waals surface area contributed by atoms with Crippen molar-refractivity contribution in [1.82, 2.24) is 0 Å². The van der Waals surface area contributed by atoms with Gasteiger partial charge in [0.05, 0.1) is 0 Å². The van der Waals surface area contributed by atoms with Gasteiger partial charge in [-0.3, -0.25) is 0 Å². The van der Waals surface area contributed by atoms with Crippen LogP contribution < -0.4 is 0 Å². The second-order valence-electron chi connectivity index (χ2n) is 0.247. The van der Waals surface area contributed by atoms with E-state index in [9.17, 15) is 10.6 Å². The van der Waals surface area contributed by atoms with Crippen molar-refractivity contribution >= 4 is 61.0 Å². The van der Waals surface area contributed by atoms with Crippen molar-refractivity contribution < 1.29 is 13.4 Å². The standard InChI is InChI=1S/Al.3FH.Sr.2H/h;3*1H;;;/q+3;;;;+2;2*-1/p-3. The Hall–Kier alpha value is 1.80. The predicted molar refractivity (Wildman–Crippen MR) is 17.1 cm³/mol. The van der Waals surface area contributed by atoms with Crippen LogP contribution >= 0.6 is 0 Å². The third-order valence-electron chi connectivity index (χ3n) is 0. The van der Waals surface area contributed by atoms with Gasteiger partial charge in [0.25, 0.3) is 0 Å². The van der Waals surface area contributed by atoms with E-state index in [4.69, 9.17) is 0 Å². The molecule has 0 spiro atoms. The van der Waals surface area contributed by atoms with E-state index in [0.717, 1.165) is 0 Å². The van der Waals surface area contributed by atoms with Crippen molar-refractivity contribution in [3.05, 3.63) is 0 Å². The summed E-state index contributed by atoms with van der Waals surface area (Å²) < 4.78 is 29.4. The van der Waals surface area contributed by atoms with Crippen molar-refractivity contribution in [2.45, 2.75) is 0 Å². The summed E-state index contributed by atoms with van der Waals surface area (Å²) in [7, 11) is 0. The van der Waals surface area contributed by atoms with Gasteiger partial charge < -0.3 is 13.4 Å². The normalized spacial score (nSPS) is 5.40. The fourth-order valence-electron chi connectivity index (χ4n) is 0. The van der Waals surface area contributed by atoms with Gasteiger partial charge in [-0.05, 0) is 0 Å². The zero-order valence-electron chi connectivity index (χ0n) is 4.42. The maximum Gasteiger partial charge on any atom is 2.00 e. The minimum atomic E-state index is -4.64. The molecule has 0 aromatic rings. The topological polar surface area (TPSA) is 0 Å². The van der Waals surface area contributed by atoms with Crippen molar-refractivity contribution in [2.75, 3.05) is 0 Å². The van der Waals surface area contributed by atoms with Crippen molar-refractivity contribution in [3.8, 4) is 0 Å². The fourth-order valence-corrected chi connectivity index (χ4v) is 0. The van der Waals surface area contributed by atoms with Gasteiger partial charge in [-0.25, -0.2) is 0 Å². The molecule has 0 heterocycles. The number of hydrogen-bond donors (Lipinski definition) is 0. The number of hydrogen-bond acceptors (Lipinski definition) is 0. The van der Waals surface area contributed by atoms with E-state index in [0.29, 0.717) is 0 Å². The Morgan fingerprint density at radius 1 is 1.20 bits per heavy atom. The summed E-state index contributed by atoms with van der Waals surface area (Å²) in [5.74, 6) is 0. The first-order valence-electron chi connectivity index (χ1n) is 0.655. The molecule has 28 valence electrons. The minimum absolute atomic E-state index is 0. The first kappa shape index (κ1) is 9.93. The van der Waals surface area contributed by atoms with E-state index in [2.05, 4.69) is 0 Å². The molecule has 0 fully saturated rings. The molecule has 0 saturated carbocycles. The third kappa shape index (κ3) is 25.8. The quantitative estimate of drug-likeness (QED) is 0.474. The number of halogens is 3. The van der Waals surface area contributed by atoms with Crippen LogP contribution in [0.15, 0.2) is 0 Å². The first-order valence-corrected chi connectivity index (χ1v) is 1.96. The molecule has 0 unspecified atom stereocenters. The summed E-state index contributed by atoms with van der Waals surface area (Å²) in [6.07, 6.45) is 0. The molecule has 0 radical (unpaired) electrons. The van der Waals surface area contributed by atoms with Gasteiger partial charge in [-0.15, -0.1) is 0 Å². The fraction of sp³-hybridized carbons (Fsp3) is 0. The average molecular weight is 174 g/mol. The van der Waals surface area contributed by atoms with E-state index in [1.165, 1.54) is 0 Å². The van der Waals surface area contributed by atoms with Crippen LogP contribution in [-0.2, 0) is 0 Å². The molecule has 0 aliphatic carbocycles. The zero-order chi connectivity index (χ0) is 3.58. The van der Waals surface area contributed by atoms with E-state index in [-0.39, 0.29) is 48.3 Å². The summed E-state index contributed by atoms with van der Waals surface area (Å²) >= 11 is -4.64. The Morgan fingerprint density at radius 3 is 1.20 bits per heavy atom. The second-order valence-corrected chi connectivity index (χ2v) is 0.742. The molecule has 0 rings (SSSR count). The van der Waals surface area contributed by atoms with Crippen LogP contribution in [0.3, 0.4) is 0 Å². The molecule has 5 heteroatoms. The maximum atomic E-state index is 9.81. The molecule has 0 atom stereocenters. The Balaban J connectivity index is -0.0000000150. The second kappa shape index (κ2) is 5.80. The zero-order valence-corrected chi connectivity index (χ0v) is 7.05.